The fraction of sp³-hybridized carbons (Fsp3) is 0.200. The molecule has 0 aromatic carbocycles. The van der Waals surface area contributed by atoms with E-state index < -0.39 is 6.61 Å². The van der Waals surface area contributed by atoms with E-state index in [1.165, 1.54) is 11.5 Å². The number of hydrogen-bond donors (Lipinski definition) is 2. The number of nitrogen functional groups attached to an aromatic ring is 1. The highest BCUT2D eigenvalue weighted by molar-refractivity contribution is 5.57. The molecule has 0 radical (unpaired) electrons. The second-order valence-electron chi connectivity index (χ2n) is 3.21. The van der Waals surface area contributed by atoms with Crippen LogP contribution in [0.2, 0.25) is 0 Å². The van der Waals surface area contributed by atoms with Crippen molar-refractivity contribution in [1.29, 1.82) is 0 Å². The lowest BCUT2D eigenvalue weighted by molar-refractivity contribution is 0.280. The Labute approximate surface area is 90.9 Å². The molecule has 0 fully saturated rings. The third kappa shape index (κ3) is 1.40. The van der Waals surface area contributed by atoms with Gasteiger partial charge in [0.1, 0.15) is 5.82 Å². The largest absolute Gasteiger partial charge is 0.493 e. The molecule has 0 aliphatic heterocycles. The number of ether oxygens (including phenoxy) is 1. The third-order valence-corrected chi connectivity index (χ3v) is 2.32. The SMILES string of the molecule is COc1cccn2c(=O)c(CO)c(N)nc12. The van der Waals surface area contributed by atoms with Gasteiger partial charge in [0.2, 0.25) is 0 Å². The summed E-state index contributed by atoms with van der Waals surface area (Å²) in [5.74, 6) is 0.479. The summed E-state index contributed by atoms with van der Waals surface area (Å²) in [6.45, 7) is -0.433. The van der Waals surface area contributed by atoms with E-state index in [4.69, 9.17) is 15.6 Å². The first-order chi connectivity index (χ1) is 7.69. The van der Waals surface area contributed by atoms with Gasteiger partial charge < -0.3 is 15.6 Å². The molecule has 0 saturated heterocycles. The molecular formula is C10H11N3O3. The van der Waals surface area contributed by atoms with Gasteiger partial charge in [0, 0.05) is 6.20 Å². The predicted molar refractivity (Wildman–Crippen MR) is 58.3 cm³/mol. The van der Waals surface area contributed by atoms with Crippen LogP contribution in [0.3, 0.4) is 0 Å². The Morgan fingerprint density at radius 2 is 2.38 bits per heavy atom. The lowest BCUT2D eigenvalue weighted by atomic mass is 10.3. The first-order valence-electron chi connectivity index (χ1n) is 4.63. The summed E-state index contributed by atoms with van der Waals surface area (Å²) in [5, 5.41) is 9.02. The van der Waals surface area contributed by atoms with Gasteiger partial charge in [-0.2, -0.15) is 0 Å². The molecule has 84 valence electrons. The van der Waals surface area contributed by atoms with Crippen LogP contribution in [0, 0.1) is 0 Å². The topological polar surface area (TPSA) is 89.8 Å². The highest BCUT2D eigenvalue weighted by Gasteiger charge is 2.11. The van der Waals surface area contributed by atoms with Crippen molar-refractivity contribution in [3.8, 4) is 5.75 Å². The van der Waals surface area contributed by atoms with Gasteiger partial charge in [0.15, 0.2) is 11.4 Å². The van der Waals surface area contributed by atoms with Gasteiger partial charge in [0.05, 0.1) is 19.3 Å². The minimum Gasteiger partial charge on any atom is -0.493 e. The van der Waals surface area contributed by atoms with Crippen molar-refractivity contribution in [2.45, 2.75) is 6.61 Å². The summed E-state index contributed by atoms with van der Waals surface area (Å²) in [5.41, 5.74) is 5.62. The molecule has 0 saturated carbocycles. The van der Waals surface area contributed by atoms with Gasteiger partial charge in [-0.25, -0.2) is 4.98 Å². The normalized spacial score (nSPS) is 10.6. The molecule has 0 aliphatic carbocycles. The molecule has 2 heterocycles. The van der Waals surface area contributed by atoms with Gasteiger partial charge >= 0.3 is 0 Å². The van der Waals surface area contributed by atoms with Crippen LogP contribution in [0.5, 0.6) is 5.75 Å². The molecule has 0 aliphatic rings. The molecule has 6 heteroatoms. The molecule has 0 atom stereocenters. The highest BCUT2D eigenvalue weighted by Crippen LogP contribution is 2.17. The average Bonchev–Trinajstić information content (AvgIpc) is 2.29. The molecule has 2 aromatic rings. The fourth-order valence-corrected chi connectivity index (χ4v) is 1.50. The van der Waals surface area contributed by atoms with E-state index in [2.05, 4.69) is 4.98 Å². The molecule has 6 nitrogen and oxygen atoms in total. The van der Waals surface area contributed by atoms with Crippen LogP contribution in [-0.4, -0.2) is 21.6 Å². The van der Waals surface area contributed by atoms with Crippen LogP contribution in [0.25, 0.3) is 5.65 Å². The van der Waals surface area contributed by atoms with Crippen molar-refractivity contribution in [1.82, 2.24) is 9.38 Å². The summed E-state index contributed by atoms with van der Waals surface area (Å²) < 4.78 is 6.36. The molecule has 0 unspecified atom stereocenters. The number of hydrogen-bond acceptors (Lipinski definition) is 5. The molecule has 0 bridgehead atoms. The second kappa shape index (κ2) is 3.82. The molecule has 0 spiro atoms. The number of aliphatic hydroxyl groups is 1. The van der Waals surface area contributed by atoms with Crippen molar-refractivity contribution in [3.63, 3.8) is 0 Å². The van der Waals surface area contributed by atoms with E-state index >= 15 is 0 Å². The van der Waals surface area contributed by atoms with E-state index in [1.54, 1.807) is 18.3 Å². The van der Waals surface area contributed by atoms with Crippen LogP contribution < -0.4 is 16.0 Å². The van der Waals surface area contributed by atoms with E-state index in [0.717, 1.165) is 0 Å². The van der Waals surface area contributed by atoms with Crippen LogP contribution in [0.15, 0.2) is 23.1 Å². The number of fused-ring (bicyclic) bond motifs is 1. The first-order valence-corrected chi connectivity index (χ1v) is 4.63. The van der Waals surface area contributed by atoms with E-state index in [-0.39, 0.29) is 16.9 Å². The number of nitrogens with two attached hydrogens (primary N) is 1. The third-order valence-electron chi connectivity index (χ3n) is 2.32. The van der Waals surface area contributed by atoms with Gasteiger partial charge in [-0.1, -0.05) is 0 Å². The van der Waals surface area contributed by atoms with E-state index in [0.29, 0.717) is 11.4 Å². The van der Waals surface area contributed by atoms with Crippen molar-refractivity contribution >= 4 is 11.5 Å². The summed E-state index contributed by atoms with van der Waals surface area (Å²) >= 11 is 0. The standard InChI is InChI=1S/C10H11N3O3/c1-16-7-3-2-4-13-9(7)12-8(11)6(5-14)10(13)15/h2-4,14H,5,11H2,1H3. The number of nitrogens with zero attached hydrogens (tertiary/aromatic N) is 2. The maximum absolute atomic E-state index is 11.9. The first kappa shape index (κ1) is 10.4. The Hall–Kier alpha value is -2.08. The lowest BCUT2D eigenvalue weighted by Crippen LogP contribution is -2.22. The number of pyridine rings is 1. The van der Waals surface area contributed by atoms with Crippen LogP contribution in [-0.2, 0) is 6.61 Å². The summed E-state index contributed by atoms with van der Waals surface area (Å²) in [7, 11) is 1.48. The van der Waals surface area contributed by atoms with Crippen molar-refractivity contribution in [2.24, 2.45) is 0 Å². The fourth-order valence-electron chi connectivity index (χ4n) is 1.50. The van der Waals surface area contributed by atoms with E-state index in [1.807, 2.05) is 0 Å². The summed E-state index contributed by atoms with van der Waals surface area (Å²) in [4.78, 5) is 15.9. The van der Waals surface area contributed by atoms with Crippen molar-refractivity contribution in [3.05, 3.63) is 34.2 Å². The molecular weight excluding hydrogens is 210 g/mol. The zero-order valence-electron chi connectivity index (χ0n) is 8.67. The van der Waals surface area contributed by atoms with Crippen molar-refractivity contribution in [2.75, 3.05) is 12.8 Å². The average molecular weight is 221 g/mol. The van der Waals surface area contributed by atoms with Gasteiger partial charge in [-0.05, 0) is 12.1 Å². The number of rotatable bonds is 2. The van der Waals surface area contributed by atoms with E-state index in [9.17, 15) is 4.79 Å². The smallest absolute Gasteiger partial charge is 0.265 e. The monoisotopic (exact) mass is 221 g/mol. The quantitative estimate of drug-likeness (QED) is 0.731. The molecule has 0 amide bonds. The number of aliphatic hydroxyl groups excluding tert-OH is 1. The maximum Gasteiger partial charge on any atom is 0.265 e. The zero-order valence-corrected chi connectivity index (χ0v) is 8.67. The Morgan fingerprint density at radius 1 is 1.62 bits per heavy atom. The summed E-state index contributed by atoms with van der Waals surface area (Å²) in [6.07, 6.45) is 1.55. The number of aromatic nitrogens is 2. The predicted octanol–water partition coefficient (Wildman–Crippen LogP) is -0.222. The van der Waals surface area contributed by atoms with Gasteiger partial charge in [-0.15, -0.1) is 0 Å². The van der Waals surface area contributed by atoms with Crippen LogP contribution in [0.4, 0.5) is 5.82 Å². The highest BCUT2D eigenvalue weighted by atomic mass is 16.5. The minimum absolute atomic E-state index is 0.0250. The maximum atomic E-state index is 11.9. The van der Waals surface area contributed by atoms with Gasteiger partial charge in [-0.3, -0.25) is 9.20 Å². The Kier molecular flexibility index (Phi) is 2.49. The minimum atomic E-state index is -0.433. The van der Waals surface area contributed by atoms with Crippen LogP contribution >= 0.6 is 0 Å². The lowest BCUT2D eigenvalue weighted by Gasteiger charge is -2.08. The van der Waals surface area contributed by atoms with Gasteiger partial charge in [0.25, 0.3) is 5.56 Å². The molecule has 16 heavy (non-hydrogen) atoms. The van der Waals surface area contributed by atoms with Crippen molar-refractivity contribution < 1.29 is 9.84 Å². The Balaban J connectivity index is 2.92. The zero-order chi connectivity index (χ0) is 11.7. The Morgan fingerprint density at radius 3 is 3.00 bits per heavy atom. The number of anilines is 1. The molecule has 2 rings (SSSR count). The summed E-state index contributed by atoms with van der Waals surface area (Å²) in [6, 6.07) is 3.34. The molecule has 2 aromatic heterocycles. The molecule has 3 N–H and O–H groups in total. The van der Waals surface area contributed by atoms with Crippen LogP contribution in [0.1, 0.15) is 5.56 Å². The second-order valence-corrected chi connectivity index (χ2v) is 3.21. The number of methoxy groups -OCH3 is 1. The Bertz CT molecular complexity index is 592.